The van der Waals surface area contributed by atoms with E-state index < -0.39 is 12.0 Å². The number of rotatable bonds is 3. The fourth-order valence-corrected chi connectivity index (χ4v) is 3.90. The van der Waals surface area contributed by atoms with Gasteiger partial charge in [-0.1, -0.05) is 6.42 Å². The first kappa shape index (κ1) is 18.2. The van der Waals surface area contributed by atoms with Crippen molar-refractivity contribution in [2.75, 3.05) is 25.1 Å². The van der Waals surface area contributed by atoms with Crippen LogP contribution in [-0.2, 0) is 14.3 Å². The van der Waals surface area contributed by atoms with Gasteiger partial charge in [0.15, 0.2) is 0 Å². The first-order chi connectivity index (χ1) is 12.6. The molecule has 0 aromatic carbocycles. The lowest BCUT2D eigenvalue weighted by molar-refractivity contribution is -0.124. The Hall–Kier alpha value is -2.55. The number of methoxy groups -OCH3 is 1. The fourth-order valence-electron chi connectivity index (χ4n) is 2.98. The molecule has 2 aromatic heterocycles. The number of carbonyl (C=O) groups excluding carboxylic acids is 3. The Labute approximate surface area is 154 Å². The second kappa shape index (κ2) is 8.22. The van der Waals surface area contributed by atoms with Gasteiger partial charge in [-0.15, -0.1) is 11.3 Å². The minimum absolute atomic E-state index is 0.111. The lowest BCUT2D eigenvalue weighted by Crippen LogP contribution is -2.46. The van der Waals surface area contributed by atoms with Crippen LogP contribution in [0.3, 0.4) is 0 Å². The number of thiophene rings is 1. The van der Waals surface area contributed by atoms with Crippen LogP contribution in [0, 0.1) is 0 Å². The number of fused-ring (bicyclic) bond motifs is 1. The SMILES string of the molecule is COC(=O)c1cc2c(N3CCCCCC(=O)NC(C=O)C3)ncnc2s1. The van der Waals surface area contributed by atoms with Crippen LogP contribution in [0.5, 0.6) is 0 Å². The van der Waals surface area contributed by atoms with E-state index >= 15 is 0 Å². The van der Waals surface area contributed by atoms with E-state index in [9.17, 15) is 14.4 Å². The third kappa shape index (κ3) is 3.98. The number of aromatic nitrogens is 2. The van der Waals surface area contributed by atoms with Gasteiger partial charge < -0.3 is 19.7 Å². The van der Waals surface area contributed by atoms with Gasteiger partial charge in [0.05, 0.1) is 12.5 Å². The van der Waals surface area contributed by atoms with E-state index in [0.717, 1.165) is 30.9 Å². The highest BCUT2D eigenvalue weighted by molar-refractivity contribution is 7.20. The number of anilines is 1. The lowest BCUT2D eigenvalue weighted by atomic mass is 10.1. The Morgan fingerprint density at radius 3 is 3.00 bits per heavy atom. The van der Waals surface area contributed by atoms with Crippen molar-refractivity contribution in [1.29, 1.82) is 0 Å². The molecule has 1 aliphatic rings. The van der Waals surface area contributed by atoms with Crippen molar-refractivity contribution in [3.05, 3.63) is 17.3 Å². The smallest absolute Gasteiger partial charge is 0.348 e. The Morgan fingerprint density at radius 1 is 1.38 bits per heavy atom. The van der Waals surface area contributed by atoms with Crippen molar-refractivity contribution < 1.29 is 19.1 Å². The van der Waals surface area contributed by atoms with Gasteiger partial charge in [-0.25, -0.2) is 14.8 Å². The molecule has 0 radical (unpaired) electrons. The zero-order valence-electron chi connectivity index (χ0n) is 14.4. The molecule has 8 nitrogen and oxygen atoms in total. The quantitative estimate of drug-likeness (QED) is 0.640. The number of hydrogen-bond donors (Lipinski definition) is 1. The predicted octanol–water partition coefficient (Wildman–Crippen LogP) is 1.54. The van der Waals surface area contributed by atoms with Crippen molar-refractivity contribution in [2.45, 2.75) is 31.7 Å². The first-order valence-corrected chi connectivity index (χ1v) is 9.26. The van der Waals surface area contributed by atoms with E-state index in [4.69, 9.17) is 4.74 Å². The second-order valence-corrected chi connectivity index (χ2v) is 7.12. The highest BCUT2D eigenvalue weighted by Gasteiger charge is 2.22. The molecule has 1 fully saturated rings. The van der Waals surface area contributed by atoms with E-state index in [1.54, 1.807) is 6.07 Å². The van der Waals surface area contributed by atoms with E-state index in [1.165, 1.54) is 24.8 Å². The molecule has 0 bridgehead atoms. The van der Waals surface area contributed by atoms with E-state index in [-0.39, 0.29) is 5.91 Å². The minimum Gasteiger partial charge on any atom is -0.465 e. The molecule has 1 unspecified atom stereocenters. The Bertz CT molecular complexity index is 822. The van der Waals surface area contributed by atoms with Gasteiger partial charge in [-0.3, -0.25) is 4.79 Å². The maximum Gasteiger partial charge on any atom is 0.348 e. The highest BCUT2D eigenvalue weighted by Crippen LogP contribution is 2.31. The van der Waals surface area contributed by atoms with Crippen molar-refractivity contribution >= 4 is 45.5 Å². The third-order valence-corrected chi connectivity index (χ3v) is 5.28. The Balaban J connectivity index is 1.95. The summed E-state index contributed by atoms with van der Waals surface area (Å²) in [6.45, 7) is 1.03. The van der Waals surface area contributed by atoms with Gasteiger partial charge >= 0.3 is 5.97 Å². The number of aldehydes is 1. The lowest BCUT2D eigenvalue weighted by Gasteiger charge is -2.28. The zero-order chi connectivity index (χ0) is 18.5. The predicted molar refractivity (Wildman–Crippen MR) is 97.4 cm³/mol. The maximum absolute atomic E-state index is 11.9. The number of nitrogens with one attached hydrogen (secondary N) is 1. The number of amides is 1. The van der Waals surface area contributed by atoms with Crippen LogP contribution in [0.15, 0.2) is 12.4 Å². The van der Waals surface area contributed by atoms with Crippen molar-refractivity contribution in [2.24, 2.45) is 0 Å². The highest BCUT2D eigenvalue weighted by atomic mass is 32.1. The Kier molecular flexibility index (Phi) is 5.77. The summed E-state index contributed by atoms with van der Waals surface area (Å²) in [5.74, 6) is 0.126. The molecule has 1 atom stereocenters. The first-order valence-electron chi connectivity index (χ1n) is 8.45. The molecular weight excluding hydrogens is 356 g/mol. The summed E-state index contributed by atoms with van der Waals surface area (Å²) in [5, 5.41) is 3.49. The van der Waals surface area contributed by atoms with Crippen molar-refractivity contribution in [3.63, 3.8) is 0 Å². The molecule has 1 aliphatic heterocycles. The summed E-state index contributed by atoms with van der Waals surface area (Å²) in [5.41, 5.74) is 0. The van der Waals surface area contributed by atoms with Crippen LogP contribution in [0.4, 0.5) is 5.82 Å². The van der Waals surface area contributed by atoms with Gasteiger partial charge in [0.1, 0.15) is 34.2 Å². The summed E-state index contributed by atoms with van der Waals surface area (Å²) in [6.07, 6.45) is 5.23. The molecule has 26 heavy (non-hydrogen) atoms. The van der Waals surface area contributed by atoms with Gasteiger partial charge in [0.2, 0.25) is 5.91 Å². The van der Waals surface area contributed by atoms with E-state index in [2.05, 4.69) is 15.3 Å². The summed E-state index contributed by atoms with van der Waals surface area (Å²) < 4.78 is 4.78. The normalized spacial score (nSPS) is 19.0. The molecular formula is C17H20N4O4S. The van der Waals surface area contributed by atoms with Gasteiger partial charge in [-0.2, -0.15) is 0 Å². The molecule has 9 heteroatoms. The monoisotopic (exact) mass is 376 g/mol. The number of hydrogen-bond acceptors (Lipinski definition) is 8. The summed E-state index contributed by atoms with van der Waals surface area (Å²) in [6, 6.07) is 1.11. The number of carbonyl (C=O) groups is 3. The molecule has 1 amide bonds. The molecule has 3 rings (SSSR count). The average Bonchev–Trinajstić information content (AvgIpc) is 3.09. The molecule has 3 heterocycles. The minimum atomic E-state index is -0.607. The van der Waals surface area contributed by atoms with Gasteiger partial charge in [0.25, 0.3) is 0 Å². The largest absolute Gasteiger partial charge is 0.465 e. The molecule has 1 saturated heterocycles. The molecule has 138 valence electrons. The van der Waals surface area contributed by atoms with Crippen LogP contribution >= 0.6 is 11.3 Å². The van der Waals surface area contributed by atoms with Crippen molar-refractivity contribution in [3.8, 4) is 0 Å². The number of ether oxygens (including phenoxy) is 1. The second-order valence-electron chi connectivity index (χ2n) is 6.09. The molecule has 0 spiro atoms. The standard InChI is InChI=1S/C17H20N4O4S/c1-25-17(24)13-7-12-15(18-10-19-16(12)26-13)21-6-4-2-3-5-14(23)20-11(8-21)9-22/h7,9-11H,2-6,8H2,1H3,(H,20,23). The van der Waals surface area contributed by atoms with Crippen LogP contribution in [0.2, 0.25) is 0 Å². The number of nitrogens with zero attached hydrogens (tertiary/aromatic N) is 3. The molecule has 0 saturated carbocycles. The summed E-state index contributed by atoms with van der Waals surface area (Å²) >= 11 is 1.24. The molecule has 1 N–H and O–H groups in total. The summed E-state index contributed by atoms with van der Waals surface area (Å²) in [7, 11) is 1.33. The zero-order valence-corrected chi connectivity index (χ0v) is 15.3. The van der Waals surface area contributed by atoms with Gasteiger partial charge in [-0.05, 0) is 18.9 Å². The Morgan fingerprint density at radius 2 is 2.23 bits per heavy atom. The fraction of sp³-hybridized carbons (Fsp3) is 0.471. The van der Waals surface area contributed by atoms with Crippen LogP contribution in [0.1, 0.15) is 35.4 Å². The van der Waals surface area contributed by atoms with Crippen LogP contribution in [-0.4, -0.2) is 54.4 Å². The van der Waals surface area contributed by atoms with E-state index in [1.807, 2.05) is 4.90 Å². The molecule has 0 aliphatic carbocycles. The summed E-state index contributed by atoms with van der Waals surface area (Å²) in [4.78, 5) is 46.8. The van der Waals surface area contributed by atoms with E-state index in [0.29, 0.717) is 35.0 Å². The van der Waals surface area contributed by atoms with Crippen LogP contribution in [0.25, 0.3) is 10.2 Å². The topological polar surface area (TPSA) is 101 Å². The van der Waals surface area contributed by atoms with Crippen LogP contribution < -0.4 is 10.2 Å². The average molecular weight is 376 g/mol. The van der Waals surface area contributed by atoms with Crippen molar-refractivity contribution in [1.82, 2.24) is 15.3 Å². The number of esters is 1. The maximum atomic E-state index is 11.9. The molecule has 2 aromatic rings. The third-order valence-electron chi connectivity index (χ3n) is 4.25. The van der Waals surface area contributed by atoms with Gasteiger partial charge in [0, 0.05) is 19.5 Å².